The average Bonchev–Trinajstić information content (AvgIpc) is 2.32. The molecule has 106 valence electrons. The van der Waals surface area contributed by atoms with Crippen LogP contribution in [-0.2, 0) is 0 Å². The van der Waals surface area contributed by atoms with E-state index < -0.39 is 0 Å². The molecular weight excluding hydrogens is 329 g/mol. The van der Waals surface area contributed by atoms with Gasteiger partial charge in [-0.3, -0.25) is 0 Å². The molecule has 0 radical (unpaired) electrons. The second-order valence-electron chi connectivity index (χ2n) is 6.15. The first-order chi connectivity index (χ1) is 8.83. The van der Waals surface area contributed by atoms with Gasteiger partial charge < -0.3 is 5.73 Å². The number of hydrogen-bond donors (Lipinski definition) is 1. The molecule has 1 nitrogen and oxygen atoms in total. The first kappa shape index (κ1) is 15.3. The van der Waals surface area contributed by atoms with Crippen LogP contribution < -0.4 is 5.73 Å². The van der Waals surface area contributed by atoms with Crippen LogP contribution in [-0.4, -0.2) is 0 Å². The number of benzene rings is 1. The Labute approximate surface area is 127 Å². The van der Waals surface area contributed by atoms with Gasteiger partial charge in [0.25, 0.3) is 0 Å². The Morgan fingerprint density at radius 3 is 2.74 bits per heavy atom. The lowest BCUT2D eigenvalue weighted by atomic mass is 9.65. The van der Waals surface area contributed by atoms with Crippen LogP contribution in [0.25, 0.3) is 0 Å². The molecule has 1 aliphatic rings. The lowest BCUT2D eigenvalue weighted by Gasteiger charge is -2.42. The summed E-state index contributed by atoms with van der Waals surface area (Å²) < 4.78 is 14.7. The Balaban J connectivity index is 2.33. The van der Waals surface area contributed by atoms with Crippen LogP contribution in [0.5, 0.6) is 0 Å². The van der Waals surface area contributed by atoms with E-state index in [4.69, 9.17) is 17.3 Å². The number of nitrogens with two attached hydrogens (primary N) is 1. The minimum absolute atomic E-state index is 0.156. The minimum Gasteiger partial charge on any atom is -0.324 e. The summed E-state index contributed by atoms with van der Waals surface area (Å²) in [5.74, 6) is 0.0261. The molecule has 0 saturated heterocycles. The van der Waals surface area contributed by atoms with Gasteiger partial charge in [0.15, 0.2) is 0 Å². The standard InChI is InChI=1S/C15H20BrClFN/c1-15(2)6-4-3-5-10(15)14(19)9-7-12(17)11(16)8-13(9)18/h7-8,10,14H,3-6,19H2,1-2H3. The Bertz CT molecular complexity index is 475. The quantitative estimate of drug-likeness (QED) is 0.706. The van der Waals surface area contributed by atoms with Gasteiger partial charge in [-0.1, -0.05) is 38.3 Å². The number of halogens is 3. The van der Waals surface area contributed by atoms with E-state index in [1.165, 1.54) is 18.9 Å². The number of hydrogen-bond acceptors (Lipinski definition) is 1. The SMILES string of the molecule is CC1(C)CCCCC1C(N)c1cc(Cl)c(Br)cc1F. The third kappa shape index (κ3) is 3.14. The Kier molecular flexibility index (Phi) is 4.59. The maximum atomic E-state index is 14.1. The predicted molar refractivity (Wildman–Crippen MR) is 81.8 cm³/mol. The molecule has 2 N–H and O–H groups in total. The highest BCUT2D eigenvalue weighted by Crippen LogP contribution is 2.46. The van der Waals surface area contributed by atoms with Gasteiger partial charge in [0.05, 0.1) is 5.02 Å². The first-order valence-corrected chi connectivity index (χ1v) is 7.90. The molecule has 0 heterocycles. The van der Waals surface area contributed by atoms with Crippen molar-refractivity contribution in [1.29, 1.82) is 0 Å². The molecule has 1 saturated carbocycles. The minimum atomic E-state index is -0.291. The topological polar surface area (TPSA) is 26.0 Å². The van der Waals surface area contributed by atoms with Crippen LogP contribution in [0.15, 0.2) is 16.6 Å². The van der Waals surface area contributed by atoms with Gasteiger partial charge in [-0.2, -0.15) is 0 Å². The normalized spacial score (nSPS) is 24.2. The molecule has 0 spiro atoms. The second-order valence-corrected chi connectivity index (χ2v) is 7.42. The summed E-state index contributed by atoms with van der Waals surface area (Å²) in [6, 6.07) is 2.78. The summed E-state index contributed by atoms with van der Waals surface area (Å²) in [6.45, 7) is 4.46. The van der Waals surface area contributed by atoms with Crippen molar-refractivity contribution < 1.29 is 4.39 Å². The zero-order valence-corrected chi connectivity index (χ0v) is 13.7. The summed E-state index contributed by atoms with van der Waals surface area (Å²) in [4.78, 5) is 0. The molecule has 1 aromatic rings. The van der Waals surface area contributed by atoms with Crippen molar-refractivity contribution in [1.82, 2.24) is 0 Å². The second kappa shape index (κ2) is 5.71. The monoisotopic (exact) mass is 347 g/mol. The highest BCUT2D eigenvalue weighted by molar-refractivity contribution is 9.10. The average molecular weight is 349 g/mol. The lowest BCUT2D eigenvalue weighted by Crippen LogP contribution is -2.36. The first-order valence-electron chi connectivity index (χ1n) is 6.73. The van der Waals surface area contributed by atoms with E-state index >= 15 is 0 Å². The van der Waals surface area contributed by atoms with E-state index in [1.807, 2.05) is 0 Å². The fraction of sp³-hybridized carbons (Fsp3) is 0.600. The van der Waals surface area contributed by atoms with Gasteiger partial charge >= 0.3 is 0 Å². The smallest absolute Gasteiger partial charge is 0.129 e. The Morgan fingerprint density at radius 2 is 2.11 bits per heavy atom. The molecular formula is C15H20BrClFN. The molecule has 4 heteroatoms. The van der Waals surface area contributed by atoms with Crippen LogP contribution in [0, 0.1) is 17.2 Å². The van der Waals surface area contributed by atoms with Crippen molar-refractivity contribution >= 4 is 27.5 Å². The van der Waals surface area contributed by atoms with Gasteiger partial charge in [0, 0.05) is 16.1 Å². The maximum Gasteiger partial charge on any atom is 0.129 e. The van der Waals surface area contributed by atoms with E-state index in [0.29, 0.717) is 21.0 Å². The van der Waals surface area contributed by atoms with Gasteiger partial charge in [-0.15, -0.1) is 0 Å². The van der Waals surface area contributed by atoms with Gasteiger partial charge in [-0.25, -0.2) is 4.39 Å². The van der Waals surface area contributed by atoms with Crippen molar-refractivity contribution in [3.8, 4) is 0 Å². The van der Waals surface area contributed by atoms with E-state index in [-0.39, 0.29) is 17.3 Å². The van der Waals surface area contributed by atoms with Crippen LogP contribution >= 0.6 is 27.5 Å². The summed E-state index contributed by atoms with van der Waals surface area (Å²) >= 11 is 9.31. The zero-order chi connectivity index (χ0) is 14.2. The highest BCUT2D eigenvalue weighted by Gasteiger charge is 2.37. The van der Waals surface area contributed by atoms with E-state index in [1.54, 1.807) is 6.07 Å². The van der Waals surface area contributed by atoms with Crippen molar-refractivity contribution in [3.63, 3.8) is 0 Å². The highest BCUT2D eigenvalue weighted by atomic mass is 79.9. The molecule has 2 atom stereocenters. The van der Waals surface area contributed by atoms with E-state index in [9.17, 15) is 4.39 Å². The van der Waals surface area contributed by atoms with Gasteiger partial charge in [0.2, 0.25) is 0 Å². The molecule has 1 fully saturated rings. The molecule has 0 aromatic heterocycles. The molecule has 19 heavy (non-hydrogen) atoms. The Morgan fingerprint density at radius 1 is 1.42 bits per heavy atom. The van der Waals surface area contributed by atoms with Crippen LogP contribution in [0.3, 0.4) is 0 Å². The lowest BCUT2D eigenvalue weighted by molar-refractivity contribution is 0.111. The van der Waals surface area contributed by atoms with Crippen molar-refractivity contribution in [2.45, 2.75) is 45.6 Å². The summed E-state index contributed by atoms with van der Waals surface area (Å²) in [5, 5.41) is 0.514. The summed E-state index contributed by atoms with van der Waals surface area (Å²) in [6.07, 6.45) is 4.62. The maximum absolute atomic E-state index is 14.1. The van der Waals surface area contributed by atoms with Crippen molar-refractivity contribution in [2.24, 2.45) is 17.1 Å². The summed E-state index contributed by atoms with van der Waals surface area (Å²) in [5.41, 5.74) is 7.04. The molecule has 0 bridgehead atoms. The predicted octanol–water partition coefficient (Wildman–Crippen LogP) is 5.46. The third-order valence-electron chi connectivity index (χ3n) is 4.42. The molecule has 1 aliphatic carbocycles. The Hall–Kier alpha value is -0.120. The van der Waals surface area contributed by atoms with Gasteiger partial charge in [0.1, 0.15) is 5.82 Å². The molecule has 2 rings (SSSR count). The number of rotatable bonds is 2. The molecule has 1 aromatic carbocycles. The molecule has 0 amide bonds. The van der Waals surface area contributed by atoms with E-state index in [2.05, 4.69) is 29.8 Å². The zero-order valence-electron chi connectivity index (χ0n) is 11.3. The summed E-state index contributed by atoms with van der Waals surface area (Å²) in [7, 11) is 0. The van der Waals surface area contributed by atoms with Crippen molar-refractivity contribution in [3.05, 3.63) is 33.0 Å². The van der Waals surface area contributed by atoms with Gasteiger partial charge in [-0.05, 0) is 52.2 Å². The van der Waals surface area contributed by atoms with Crippen LogP contribution in [0.2, 0.25) is 5.02 Å². The molecule has 2 unspecified atom stereocenters. The third-order valence-corrected chi connectivity index (χ3v) is 5.62. The van der Waals surface area contributed by atoms with Crippen LogP contribution in [0.1, 0.15) is 51.1 Å². The fourth-order valence-corrected chi connectivity index (χ4v) is 3.68. The molecule has 0 aliphatic heterocycles. The van der Waals surface area contributed by atoms with Crippen molar-refractivity contribution in [2.75, 3.05) is 0 Å². The van der Waals surface area contributed by atoms with Crippen LogP contribution in [0.4, 0.5) is 4.39 Å². The largest absolute Gasteiger partial charge is 0.324 e. The fourth-order valence-electron chi connectivity index (χ4n) is 3.20. The van der Waals surface area contributed by atoms with E-state index in [0.717, 1.165) is 12.8 Å².